The van der Waals surface area contributed by atoms with E-state index in [2.05, 4.69) is 152 Å². The molecular formula is C60H63Br3N4O6S4. The van der Waals surface area contributed by atoms with Gasteiger partial charge in [-0.05, 0) is 58.4 Å². The molecule has 0 saturated carbocycles. The average Bonchev–Trinajstić information content (AvgIpc) is 3.79. The summed E-state index contributed by atoms with van der Waals surface area (Å²) in [5.41, 5.74) is 11.4. The minimum Gasteiger partial charge on any atom is -0.373 e. The zero-order valence-corrected chi connectivity index (χ0v) is 51.9. The van der Waals surface area contributed by atoms with Gasteiger partial charge in [-0.3, -0.25) is 19.2 Å². The van der Waals surface area contributed by atoms with Gasteiger partial charge in [0.15, 0.2) is 20.0 Å². The molecule has 6 atom stereocenters. The summed E-state index contributed by atoms with van der Waals surface area (Å²) in [6, 6.07) is 53.2. The topological polar surface area (TPSA) is 99.7 Å². The Labute approximate surface area is 495 Å². The molecule has 17 heteroatoms. The molecule has 404 valence electrons. The molecule has 3 unspecified atom stereocenters. The molecule has 12 rings (SSSR count). The number of ether oxygens (including phenoxy) is 2. The highest BCUT2D eigenvalue weighted by atomic mass is 79.9. The fourth-order valence-electron chi connectivity index (χ4n) is 9.27. The molecule has 0 N–H and O–H groups in total. The molecule has 10 nitrogen and oxygen atoms in total. The molecule has 0 spiro atoms. The predicted octanol–water partition coefficient (Wildman–Crippen LogP) is 13.3. The number of likely N-dealkylation sites (N-methyl/N-ethyl adjacent to an activating group) is 4. The van der Waals surface area contributed by atoms with Crippen molar-refractivity contribution in [3.05, 3.63) is 213 Å². The quantitative estimate of drug-likeness (QED) is 0.0924. The Bertz CT molecular complexity index is 2950. The summed E-state index contributed by atoms with van der Waals surface area (Å²) >= 11 is 16.4. The van der Waals surface area contributed by atoms with Crippen LogP contribution < -0.4 is 0 Å². The third-order valence-electron chi connectivity index (χ3n) is 14.1. The van der Waals surface area contributed by atoms with Crippen LogP contribution in [0.15, 0.2) is 158 Å². The number of alkyl halides is 3. The standard InChI is InChI=1S/C30H31BrN2O3S2.C22H24N2O3S2.C8H8Br2/c1-21-9-15-25(16-10-21)26-37-29(17-22-11-13-23(18-31)14-12-22)27(34)33(3)30(38-26,28(35)32(29)2)20-36-19-24-7-5-4-6-8-24;1-15-9-11-17(12-10-15)20-28-19-18(25)24(3)22(29-20,21(26)23(19)2)14-27-13-16-7-5-4-6-8-16;9-5-7-1-2-8(6-10)4-3-7/h4-16,26H,17-20H2,1-3H3;4-12,19-20H,13-14H2,1-3H3;1-4H,5-6H2/t26?,29-,30-;19?,20?,22-;/m00./s1. The van der Waals surface area contributed by atoms with Crippen LogP contribution in [0.1, 0.15) is 64.8 Å². The maximum Gasteiger partial charge on any atom is 0.262 e. The molecule has 6 aliphatic heterocycles. The highest BCUT2D eigenvalue weighted by molar-refractivity contribution is 9.09. The number of amides is 4. The number of rotatable bonds is 15. The van der Waals surface area contributed by atoms with E-state index in [1.165, 1.54) is 63.1 Å². The van der Waals surface area contributed by atoms with Crippen molar-refractivity contribution in [3.8, 4) is 0 Å². The number of fused-ring (bicyclic) bond motifs is 8. The second-order valence-corrected chi connectivity index (χ2v) is 27.0. The lowest BCUT2D eigenvalue weighted by atomic mass is 9.97. The van der Waals surface area contributed by atoms with Crippen LogP contribution in [0, 0.1) is 13.8 Å². The van der Waals surface area contributed by atoms with Gasteiger partial charge in [0.05, 0.1) is 35.6 Å². The van der Waals surface area contributed by atoms with E-state index in [-0.39, 0.29) is 46.0 Å². The van der Waals surface area contributed by atoms with Crippen LogP contribution in [-0.4, -0.2) is 105 Å². The Morgan fingerprint density at radius 1 is 0.442 bits per heavy atom. The van der Waals surface area contributed by atoms with Crippen molar-refractivity contribution in [2.24, 2.45) is 0 Å². The fraction of sp³-hybridized carbons (Fsp3) is 0.333. The van der Waals surface area contributed by atoms with Crippen LogP contribution >= 0.6 is 94.8 Å². The van der Waals surface area contributed by atoms with E-state index >= 15 is 0 Å². The summed E-state index contributed by atoms with van der Waals surface area (Å²) in [4.78, 5) is 58.2. The lowest BCUT2D eigenvalue weighted by Crippen LogP contribution is -2.73. The van der Waals surface area contributed by atoms with Crippen molar-refractivity contribution in [1.82, 2.24) is 19.6 Å². The molecule has 6 heterocycles. The van der Waals surface area contributed by atoms with Crippen LogP contribution in [0.5, 0.6) is 0 Å². The molecule has 77 heavy (non-hydrogen) atoms. The third-order valence-corrected chi connectivity index (χ3v) is 22.9. The Morgan fingerprint density at radius 2 is 0.818 bits per heavy atom. The van der Waals surface area contributed by atoms with Crippen LogP contribution in [0.4, 0.5) is 0 Å². The van der Waals surface area contributed by atoms with E-state index in [4.69, 9.17) is 9.47 Å². The van der Waals surface area contributed by atoms with Crippen molar-refractivity contribution >= 4 is 118 Å². The van der Waals surface area contributed by atoms with Crippen molar-refractivity contribution in [2.75, 3.05) is 41.4 Å². The molecule has 0 radical (unpaired) electrons. The van der Waals surface area contributed by atoms with Gasteiger partial charge in [0.2, 0.25) is 0 Å². The number of hydrogen-bond acceptors (Lipinski definition) is 10. The van der Waals surface area contributed by atoms with E-state index < -0.39 is 20.0 Å². The lowest BCUT2D eigenvalue weighted by Gasteiger charge is -2.51. The van der Waals surface area contributed by atoms with Gasteiger partial charge in [0.1, 0.15) is 0 Å². The number of carbonyl (C=O) groups excluding carboxylic acids is 4. The van der Waals surface area contributed by atoms with Gasteiger partial charge in [-0.15, -0.1) is 47.0 Å². The highest BCUT2D eigenvalue weighted by Crippen LogP contribution is 2.61. The number of aryl methyl sites for hydroxylation is 2. The molecule has 6 aliphatic rings. The zero-order chi connectivity index (χ0) is 54.9. The Hall–Kier alpha value is -4.04. The summed E-state index contributed by atoms with van der Waals surface area (Å²) in [6.45, 7) is 5.13. The number of thioether (sulfide) groups is 4. The molecular weight excluding hydrogens is 1240 g/mol. The molecule has 6 aromatic carbocycles. The number of carbonyl (C=O) groups is 4. The normalized spacial score (nSPS) is 23.7. The monoisotopic (exact) mass is 1300 g/mol. The molecule has 4 amide bonds. The van der Waals surface area contributed by atoms with Crippen LogP contribution in [0.2, 0.25) is 0 Å². The van der Waals surface area contributed by atoms with Crippen molar-refractivity contribution < 1.29 is 28.7 Å². The van der Waals surface area contributed by atoms with Gasteiger partial charge >= 0.3 is 0 Å². The minimum absolute atomic E-state index is 0.0382. The van der Waals surface area contributed by atoms with Gasteiger partial charge in [-0.25, -0.2) is 0 Å². The van der Waals surface area contributed by atoms with Crippen molar-refractivity contribution in [2.45, 2.75) is 78.6 Å². The molecule has 6 saturated heterocycles. The van der Waals surface area contributed by atoms with Gasteiger partial charge in [-0.2, -0.15) is 0 Å². The molecule has 6 fully saturated rings. The predicted molar refractivity (Wildman–Crippen MR) is 328 cm³/mol. The van der Waals surface area contributed by atoms with Crippen LogP contribution in [-0.2, 0) is 64.3 Å². The summed E-state index contributed by atoms with van der Waals surface area (Å²) in [6.07, 6.45) is 0.426. The van der Waals surface area contributed by atoms with Crippen molar-refractivity contribution in [1.29, 1.82) is 0 Å². The number of benzene rings is 6. The minimum atomic E-state index is -1.16. The second kappa shape index (κ2) is 26.5. The van der Waals surface area contributed by atoms with E-state index in [1.54, 1.807) is 59.6 Å². The third kappa shape index (κ3) is 13.1. The van der Waals surface area contributed by atoms with Gasteiger partial charge in [0.25, 0.3) is 23.6 Å². The first-order valence-electron chi connectivity index (χ1n) is 25.1. The number of halogens is 3. The van der Waals surface area contributed by atoms with Crippen LogP contribution in [0.3, 0.4) is 0 Å². The first kappa shape index (κ1) is 59.1. The first-order chi connectivity index (χ1) is 37.1. The average molecular weight is 1300 g/mol. The van der Waals surface area contributed by atoms with Gasteiger partial charge in [0, 0.05) is 50.6 Å². The van der Waals surface area contributed by atoms with Crippen LogP contribution in [0.25, 0.3) is 0 Å². The van der Waals surface area contributed by atoms with E-state index in [9.17, 15) is 19.2 Å². The number of nitrogens with zero attached hydrogens (tertiary/aromatic N) is 4. The van der Waals surface area contributed by atoms with E-state index in [0.29, 0.717) is 19.6 Å². The second-order valence-electron chi connectivity index (χ2n) is 19.4. The SMILES string of the molecule is BrCc1ccc(CBr)cc1.Cc1ccc(C2SC3C(=O)N(C)[C@@](COCc4ccccc4)(S2)C(=O)N3C)cc1.Cc1ccc(C2S[C@@]3(COCc4ccccc4)C(=O)N(C)[C@@](Cc4ccc(CBr)cc4)(S2)C(=O)N3C)cc1. The highest BCUT2D eigenvalue weighted by Gasteiger charge is 2.66. The number of hydrogen-bond donors (Lipinski definition) is 0. The number of piperazine rings is 2. The summed E-state index contributed by atoms with van der Waals surface area (Å²) < 4.78 is 12.0. The van der Waals surface area contributed by atoms with Gasteiger partial charge < -0.3 is 29.1 Å². The molecule has 4 bridgehead atoms. The largest absolute Gasteiger partial charge is 0.373 e. The summed E-state index contributed by atoms with van der Waals surface area (Å²) in [5, 5.41) is 2.13. The zero-order valence-electron chi connectivity index (χ0n) is 43.9. The van der Waals surface area contributed by atoms with Gasteiger partial charge in [-0.1, -0.05) is 217 Å². The summed E-state index contributed by atoms with van der Waals surface area (Å²) in [7, 11) is 6.97. The Balaban J connectivity index is 0.000000177. The maximum atomic E-state index is 14.3. The first-order valence-corrected chi connectivity index (χ1v) is 32.0. The Kier molecular flexibility index (Phi) is 20.3. The smallest absolute Gasteiger partial charge is 0.262 e. The van der Waals surface area contributed by atoms with E-state index in [0.717, 1.165) is 43.8 Å². The van der Waals surface area contributed by atoms with E-state index in [1.807, 2.05) is 67.6 Å². The molecule has 6 aromatic rings. The Morgan fingerprint density at radius 3 is 1.27 bits per heavy atom. The van der Waals surface area contributed by atoms with Crippen molar-refractivity contribution in [3.63, 3.8) is 0 Å². The summed E-state index contributed by atoms with van der Waals surface area (Å²) in [5.74, 6) is -0.302. The fourth-order valence-corrected chi connectivity index (χ4v) is 17.6. The lowest BCUT2D eigenvalue weighted by molar-refractivity contribution is -0.166. The molecule has 0 aliphatic carbocycles. The molecule has 0 aromatic heterocycles. The maximum absolute atomic E-state index is 14.3.